The SMILES string of the molecule is CN(C)Cc1ccccc1NC(=O)N(C)C. The smallest absolute Gasteiger partial charge is 0.321 e. The highest BCUT2D eigenvalue weighted by molar-refractivity contribution is 5.89. The van der Waals surface area contributed by atoms with Gasteiger partial charge in [-0.1, -0.05) is 18.2 Å². The van der Waals surface area contributed by atoms with Crippen molar-refractivity contribution in [2.75, 3.05) is 33.5 Å². The van der Waals surface area contributed by atoms with Crippen molar-refractivity contribution in [1.82, 2.24) is 9.80 Å². The number of carbonyl (C=O) groups is 1. The van der Waals surface area contributed by atoms with Gasteiger partial charge in [-0.05, 0) is 25.7 Å². The molecule has 88 valence electrons. The first kappa shape index (κ1) is 12.5. The molecule has 2 amide bonds. The van der Waals surface area contributed by atoms with Crippen LogP contribution in [0.4, 0.5) is 10.5 Å². The summed E-state index contributed by atoms with van der Waals surface area (Å²) < 4.78 is 0. The van der Waals surface area contributed by atoms with Gasteiger partial charge in [0.1, 0.15) is 0 Å². The van der Waals surface area contributed by atoms with E-state index >= 15 is 0 Å². The zero-order chi connectivity index (χ0) is 12.1. The summed E-state index contributed by atoms with van der Waals surface area (Å²) in [5.74, 6) is 0. The molecule has 1 N–H and O–H groups in total. The molecule has 0 saturated carbocycles. The third-order valence-corrected chi connectivity index (χ3v) is 2.15. The zero-order valence-electron chi connectivity index (χ0n) is 10.3. The number of nitrogens with one attached hydrogen (secondary N) is 1. The standard InChI is InChI=1S/C12H19N3O/c1-14(2)9-10-7-5-6-8-11(10)13-12(16)15(3)4/h5-8H,9H2,1-4H3,(H,13,16). The molecule has 0 spiro atoms. The average molecular weight is 221 g/mol. The minimum Gasteiger partial charge on any atom is -0.331 e. The van der Waals surface area contributed by atoms with Crippen LogP contribution in [0.25, 0.3) is 0 Å². The number of para-hydroxylation sites is 1. The summed E-state index contributed by atoms with van der Waals surface area (Å²) in [7, 11) is 7.46. The molecule has 0 unspecified atom stereocenters. The van der Waals surface area contributed by atoms with Crippen molar-refractivity contribution in [3.05, 3.63) is 29.8 Å². The molecular weight excluding hydrogens is 202 g/mol. The largest absolute Gasteiger partial charge is 0.331 e. The second-order valence-electron chi connectivity index (χ2n) is 4.22. The van der Waals surface area contributed by atoms with Crippen LogP contribution in [0.3, 0.4) is 0 Å². The fourth-order valence-corrected chi connectivity index (χ4v) is 1.35. The van der Waals surface area contributed by atoms with Crippen molar-refractivity contribution >= 4 is 11.7 Å². The molecular formula is C12H19N3O. The van der Waals surface area contributed by atoms with E-state index < -0.39 is 0 Å². The molecule has 16 heavy (non-hydrogen) atoms. The number of urea groups is 1. The summed E-state index contributed by atoms with van der Waals surface area (Å²) in [6, 6.07) is 7.73. The molecule has 1 rings (SSSR count). The van der Waals surface area contributed by atoms with E-state index in [1.165, 1.54) is 4.90 Å². The van der Waals surface area contributed by atoms with Gasteiger partial charge in [0, 0.05) is 26.3 Å². The van der Waals surface area contributed by atoms with E-state index in [2.05, 4.69) is 10.2 Å². The molecule has 0 aliphatic carbocycles. The Hall–Kier alpha value is -1.55. The van der Waals surface area contributed by atoms with Crippen LogP contribution in [-0.4, -0.2) is 44.0 Å². The van der Waals surface area contributed by atoms with E-state index in [9.17, 15) is 4.79 Å². The molecule has 0 saturated heterocycles. The van der Waals surface area contributed by atoms with E-state index in [0.717, 1.165) is 17.8 Å². The third-order valence-electron chi connectivity index (χ3n) is 2.15. The topological polar surface area (TPSA) is 35.6 Å². The van der Waals surface area contributed by atoms with Crippen molar-refractivity contribution in [2.24, 2.45) is 0 Å². The highest BCUT2D eigenvalue weighted by atomic mass is 16.2. The van der Waals surface area contributed by atoms with Crippen molar-refractivity contribution < 1.29 is 4.79 Å². The van der Waals surface area contributed by atoms with E-state index in [4.69, 9.17) is 0 Å². The molecule has 0 bridgehead atoms. The molecule has 0 radical (unpaired) electrons. The fraction of sp³-hybridized carbons (Fsp3) is 0.417. The van der Waals surface area contributed by atoms with Gasteiger partial charge in [-0.2, -0.15) is 0 Å². The van der Waals surface area contributed by atoms with E-state index in [1.807, 2.05) is 38.4 Å². The predicted octanol–water partition coefficient (Wildman–Crippen LogP) is 1.84. The second kappa shape index (κ2) is 5.51. The summed E-state index contributed by atoms with van der Waals surface area (Å²) in [5, 5.41) is 2.88. The molecule has 0 fully saturated rings. The van der Waals surface area contributed by atoms with Crippen molar-refractivity contribution in [2.45, 2.75) is 6.54 Å². The number of hydrogen-bond acceptors (Lipinski definition) is 2. The lowest BCUT2D eigenvalue weighted by Gasteiger charge is -2.17. The van der Waals surface area contributed by atoms with Gasteiger partial charge >= 0.3 is 6.03 Å². The van der Waals surface area contributed by atoms with Crippen molar-refractivity contribution in [3.63, 3.8) is 0 Å². The Morgan fingerprint density at radius 2 is 1.81 bits per heavy atom. The van der Waals surface area contributed by atoms with Gasteiger partial charge < -0.3 is 15.1 Å². The zero-order valence-corrected chi connectivity index (χ0v) is 10.3. The Kier molecular flexibility index (Phi) is 4.31. The van der Waals surface area contributed by atoms with Gasteiger partial charge in [0.25, 0.3) is 0 Å². The number of nitrogens with zero attached hydrogens (tertiary/aromatic N) is 2. The van der Waals surface area contributed by atoms with Gasteiger partial charge in [0.15, 0.2) is 0 Å². The minimum atomic E-state index is -0.105. The summed E-state index contributed by atoms with van der Waals surface area (Å²) in [6.07, 6.45) is 0. The Balaban J connectivity index is 2.82. The van der Waals surface area contributed by atoms with Crippen LogP contribution in [0.5, 0.6) is 0 Å². The monoisotopic (exact) mass is 221 g/mol. The minimum absolute atomic E-state index is 0.105. The highest BCUT2D eigenvalue weighted by Crippen LogP contribution is 2.16. The van der Waals surface area contributed by atoms with Crippen LogP contribution in [0.2, 0.25) is 0 Å². The lowest BCUT2D eigenvalue weighted by Crippen LogP contribution is -2.28. The maximum Gasteiger partial charge on any atom is 0.321 e. The first-order chi connectivity index (χ1) is 7.50. The van der Waals surface area contributed by atoms with Crippen molar-refractivity contribution in [3.8, 4) is 0 Å². The number of rotatable bonds is 3. The fourth-order valence-electron chi connectivity index (χ4n) is 1.35. The normalized spacial score (nSPS) is 10.3. The first-order valence-electron chi connectivity index (χ1n) is 5.21. The second-order valence-corrected chi connectivity index (χ2v) is 4.22. The Morgan fingerprint density at radius 3 is 2.38 bits per heavy atom. The average Bonchev–Trinajstić information content (AvgIpc) is 2.20. The van der Waals surface area contributed by atoms with Crippen LogP contribution in [0, 0.1) is 0 Å². The third kappa shape index (κ3) is 3.55. The molecule has 1 aromatic carbocycles. The summed E-state index contributed by atoms with van der Waals surface area (Å²) >= 11 is 0. The van der Waals surface area contributed by atoms with Gasteiger partial charge in [-0.15, -0.1) is 0 Å². The highest BCUT2D eigenvalue weighted by Gasteiger charge is 2.07. The van der Waals surface area contributed by atoms with Crippen LogP contribution in [0.1, 0.15) is 5.56 Å². The number of hydrogen-bond donors (Lipinski definition) is 1. The van der Waals surface area contributed by atoms with Gasteiger partial charge in [0.05, 0.1) is 0 Å². The molecule has 0 aliphatic rings. The molecule has 0 aromatic heterocycles. The maximum atomic E-state index is 11.6. The Bertz CT molecular complexity index is 361. The van der Waals surface area contributed by atoms with E-state index in [-0.39, 0.29) is 6.03 Å². The molecule has 4 heteroatoms. The summed E-state index contributed by atoms with van der Waals surface area (Å²) in [5.41, 5.74) is 1.98. The maximum absolute atomic E-state index is 11.6. The van der Waals surface area contributed by atoms with Crippen LogP contribution in [0.15, 0.2) is 24.3 Å². The van der Waals surface area contributed by atoms with Gasteiger partial charge in [-0.25, -0.2) is 4.79 Å². The Labute approximate surface area is 96.9 Å². The first-order valence-corrected chi connectivity index (χ1v) is 5.21. The number of benzene rings is 1. The van der Waals surface area contributed by atoms with Crippen LogP contribution >= 0.6 is 0 Å². The lowest BCUT2D eigenvalue weighted by molar-refractivity contribution is 0.230. The molecule has 0 atom stereocenters. The number of carbonyl (C=O) groups excluding carboxylic acids is 1. The van der Waals surface area contributed by atoms with Crippen LogP contribution in [-0.2, 0) is 6.54 Å². The predicted molar refractivity (Wildman–Crippen MR) is 66.5 cm³/mol. The summed E-state index contributed by atoms with van der Waals surface area (Å²) in [4.78, 5) is 15.1. The quantitative estimate of drug-likeness (QED) is 0.845. The Morgan fingerprint density at radius 1 is 1.19 bits per heavy atom. The lowest BCUT2D eigenvalue weighted by atomic mass is 10.1. The number of amides is 2. The van der Waals surface area contributed by atoms with E-state index in [0.29, 0.717) is 0 Å². The molecule has 4 nitrogen and oxygen atoms in total. The molecule has 0 heterocycles. The van der Waals surface area contributed by atoms with Crippen molar-refractivity contribution in [1.29, 1.82) is 0 Å². The molecule has 1 aromatic rings. The summed E-state index contributed by atoms with van der Waals surface area (Å²) in [6.45, 7) is 0.809. The number of anilines is 1. The van der Waals surface area contributed by atoms with Crippen LogP contribution < -0.4 is 5.32 Å². The molecule has 0 aliphatic heterocycles. The van der Waals surface area contributed by atoms with Gasteiger partial charge in [0.2, 0.25) is 0 Å². The van der Waals surface area contributed by atoms with Gasteiger partial charge in [-0.3, -0.25) is 0 Å². The van der Waals surface area contributed by atoms with E-state index in [1.54, 1.807) is 14.1 Å².